The summed E-state index contributed by atoms with van der Waals surface area (Å²) in [7, 11) is 1.81. The van der Waals surface area contributed by atoms with Crippen LogP contribution in [0.15, 0.2) is 66.9 Å². The SMILES string of the molecule is Cn1ncc(C(=O)N[C@@H](CC(N)=O)c2ccccc2)c1Cc1ccccc1. The molecule has 0 saturated heterocycles. The van der Waals surface area contributed by atoms with Gasteiger partial charge in [-0.15, -0.1) is 0 Å². The molecule has 0 aliphatic carbocycles. The van der Waals surface area contributed by atoms with Crippen LogP contribution < -0.4 is 11.1 Å². The van der Waals surface area contributed by atoms with Gasteiger partial charge in [-0.2, -0.15) is 5.10 Å². The van der Waals surface area contributed by atoms with Gasteiger partial charge in [0, 0.05) is 13.5 Å². The zero-order valence-corrected chi connectivity index (χ0v) is 15.1. The van der Waals surface area contributed by atoms with Crippen molar-refractivity contribution in [3.05, 3.63) is 89.2 Å². The number of rotatable bonds is 7. The quantitative estimate of drug-likeness (QED) is 0.676. The number of benzene rings is 2. The molecule has 0 unspecified atom stereocenters. The van der Waals surface area contributed by atoms with Gasteiger partial charge in [-0.3, -0.25) is 14.3 Å². The van der Waals surface area contributed by atoms with Crippen molar-refractivity contribution < 1.29 is 9.59 Å². The molecule has 0 aliphatic heterocycles. The number of carbonyl (C=O) groups excluding carboxylic acids is 2. The highest BCUT2D eigenvalue weighted by molar-refractivity contribution is 5.95. The van der Waals surface area contributed by atoms with E-state index in [4.69, 9.17) is 5.73 Å². The third-order valence-corrected chi connectivity index (χ3v) is 4.43. The summed E-state index contributed by atoms with van der Waals surface area (Å²) in [6.45, 7) is 0. The Kier molecular flexibility index (Phi) is 5.66. The van der Waals surface area contributed by atoms with E-state index in [-0.39, 0.29) is 12.3 Å². The van der Waals surface area contributed by atoms with Crippen LogP contribution >= 0.6 is 0 Å². The Morgan fingerprint density at radius 2 is 1.70 bits per heavy atom. The maximum absolute atomic E-state index is 12.9. The average molecular weight is 362 g/mol. The zero-order chi connectivity index (χ0) is 19.2. The van der Waals surface area contributed by atoms with Crippen LogP contribution in [0.25, 0.3) is 0 Å². The van der Waals surface area contributed by atoms with Gasteiger partial charge in [0.2, 0.25) is 5.91 Å². The second-order valence-electron chi connectivity index (χ2n) is 6.40. The maximum Gasteiger partial charge on any atom is 0.255 e. The molecular weight excluding hydrogens is 340 g/mol. The fraction of sp³-hybridized carbons (Fsp3) is 0.190. The first-order valence-corrected chi connectivity index (χ1v) is 8.73. The van der Waals surface area contributed by atoms with Crippen molar-refractivity contribution in [2.45, 2.75) is 18.9 Å². The van der Waals surface area contributed by atoms with Gasteiger partial charge >= 0.3 is 0 Å². The Morgan fingerprint density at radius 1 is 1.07 bits per heavy atom. The van der Waals surface area contributed by atoms with Crippen LogP contribution in [-0.4, -0.2) is 21.6 Å². The van der Waals surface area contributed by atoms with Gasteiger partial charge in [0.15, 0.2) is 0 Å². The maximum atomic E-state index is 12.9. The summed E-state index contributed by atoms with van der Waals surface area (Å²) in [5, 5.41) is 7.17. The third-order valence-electron chi connectivity index (χ3n) is 4.43. The molecular formula is C21H22N4O2. The molecule has 0 aliphatic rings. The number of aromatic nitrogens is 2. The molecule has 6 nitrogen and oxygen atoms in total. The minimum Gasteiger partial charge on any atom is -0.370 e. The molecule has 1 aromatic heterocycles. The van der Waals surface area contributed by atoms with Gasteiger partial charge in [0.1, 0.15) is 0 Å². The first-order chi connectivity index (χ1) is 13.0. The van der Waals surface area contributed by atoms with E-state index < -0.39 is 11.9 Å². The summed E-state index contributed by atoms with van der Waals surface area (Å²) >= 11 is 0. The van der Waals surface area contributed by atoms with E-state index in [1.807, 2.05) is 67.7 Å². The summed E-state index contributed by atoms with van der Waals surface area (Å²) < 4.78 is 1.70. The van der Waals surface area contributed by atoms with Crippen molar-refractivity contribution >= 4 is 11.8 Å². The van der Waals surface area contributed by atoms with E-state index in [9.17, 15) is 9.59 Å². The second-order valence-corrected chi connectivity index (χ2v) is 6.40. The van der Waals surface area contributed by atoms with Crippen LogP contribution in [0.5, 0.6) is 0 Å². The summed E-state index contributed by atoms with van der Waals surface area (Å²) in [5.41, 5.74) is 8.60. The summed E-state index contributed by atoms with van der Waals surface area (Å²) in [4.78, 5) is 24.4. The van der Waals surface area contributed by atoms with Crippen LogP contribution in [0.2, 0.25) is 0 Å². The van der Waals surface area contributed by atoms with Crippen molar-refractivity contribution in [1.82, 2.24) is 15.1 Å². The number of nitrogens with two attached hydrogens (primary N) is 1. The number of carbonyl (C=O) groups is 2. The molecule has 1 heterocycles. The first-order valence-electron chi connectivity index (χ1n) is 8.73. The number of nitrogens with zero attached hydrogens (tertiary/aromatic N) is 2. The molecule has 1 atom stereocenters. The van der Waals surface area contributed by atoms with E-state index in [0.29, 0.717) is 12.0 Å². The molecule has 3 aromatic rings. The van der Waals surface area contributed by atoms with E-state index in [2.05, 4.69) is 10.4 Å². The fourth-order valence-electron chi connectivity index (χ4n) is 3.03. The Bertz CT molecular complexity index is 920. The number of nitrogens with one attached hydrogen (secondary N) is 1. The van der Waals surface area contributed by atoms with Gasteiger partial charge < -0.3 is 11.1 Å². The third kappa shape index (κ3) is 4.61. The molecule has 138 valence electrons. The number of primary amides is 1. The van der Waals surface area contributed by atoms with E-state index >= 15 is 0 Å². The van der Waals surface area contributed by atoms with Gasteiger partial charge in [0.25, 0.3) is 5.91 Å². The van der Waals surface area contributed by atoms with Gasteiger partial charge in [-0.05, 0) is 11.1 Å². The van der Waals surface area contributed by atoms with Gasteiger partial charge in [-0.25, -0.2) is 0 Å². The topological polar surface area (TPSA) is 90.0 Å². The van der Waals surface area contributed by atoms with Crippen LogP contribution in [0.3, 0.4) is 0 Å². The number of hydrogen-bond acceptors (Lipinski definition) is 3. The van der Waals surface area contributed by atoms with Crippen molar-refractivity contribution in [3.8, 4) is 0 Å². The largest absolute Gasteiger partial charge is 0.370 e. The Hall–Kier alpha value is -3.41. The Balaban J connectivity index is 1.83. The predicted molar refractivity (Wildman–Crippen MR) is 103 cm³/mol. The van der Waals surface area contributed by atoms with Gasteiger partial charge in [0.05, 0.1) is 29.9 Å². The van der Waals surface area contributed by atoms with Crippen LogP contribution in [0, 0.1) is 0 Å². The van der Waals surface area contributed by atoms with E-state index in [1.54, 1.807) is 10.9 Å². The predicted octanol–water partition coefficient (Wildman–Crippen LogP) is 2.36. The molecule has 0 radical (unpaired) electrons. The highest BCUT2D eigenvalue weighted by atomic mass is 16.2. The fourth-order valence-corrected chi connectivity index (χ4v) is 3.03. The molecule has 3 rings (SSSR count). The van der Waals surface area contributed by atoms with Crippen LogP contribution in [-0.2, 0) is 18.3 Å². The monoisotopic (exact) mass is 362 g/mol. The van der Waals surface area contributed by atoms with Crippen molar-refractivity contribution in [1.29, 1.82) is 0 Å². The van der Waals surface area contributed by atoms with Crippen molar-refractivity contribution in [2.24, 2.45) is 12.8 Å². The first kappa shape index (κ1) is 18.4. The smallest absolute Gasteiger partial charge is 0.255 e. The number of hydrogen-bond donors (Lipinski definition) is 2. The molecule has 3 N–H and O–H groups in total. The Morgan fingerprint density at radius 3 is 2.33 bits per heavy atom. The average Bonchev–Trinajstić information content (AvgIpc) is 3.03. The Labute approximate surface area is 158 Å². The molecule has 6 heteroatoms. The minimum atomic E-state index is -0.485. The lowest BCUT2D eigenvalue weighted by atomic mass is 10.0. The number of amides is 2. The van der Waals surface area contributed by atoms with Gasteiger partial charge in [-0.1, -0.05) is 60.7 Å². The van der Waals surface area contributed by atoms with Crippen molar-refractivity contribution in [2.75, 3.05) is 0 Å². The zero-order valence-electron chi connectivity index (χ0n) is 15.1. The molecule has 2 amide bonds. The van der Waals surface area contributed by atoms with E-state index in [1.165, 1.54) is 0 Å². The van der Waals surface area contributed by atoms with Crippen LogP contribution in [0.1, 0.15) is 39.6 Å². The number of aryl methyl sites for hydroxylation is 1. The summed E-state index contributed by atoms with van der Waals surface area (Å²) in [6.07, 6.45) is 2.18. The highest BCUT2D eigenvalue weighted by Gasteiger charge is 2.22. The molecule has 2 aromatic carbocycles. The highest BCUT2D eigenvalue weighted by Crippen LogP contribution is 2.19. The normalized spacial score (nSPS) is 11.7. The molecule has 0 saturated carbocycles. The molecule has 0 bridgehead atoms. The van der Waals surface area contributed by atoms with E-state index in [0.717, 1.165) is 16.8 Å². The molecule has 27 heavy (non-hydrogen) atoms. The van der Waals surface area contributed by atoms with Crippen LogP contribution in [0.4, 0.5) is 0 Å². The minimum absolute atomic E-state index is 0.0318. The lowest BCUT2D eigenvalue weighted by molar-refractivity contribution is -0.118. The summed E-state index contributed by atoms with van der Waals surface area (Å²) in [5.74, 6) is -0.746. The lowest BCUT2D eigenvalue weighted by Gasteiger charge is -2.18. The standard InChI is InChI=1S/C21H22N4O2/c1-25-19(12-15-8-4-2-5-9-15)17(14-23-25)21(27)24-18(13-20(22)26)16-10-6-3-7-11-16/h2-11,14,18H,12-13H2,1H3,(H2,22,26)(H,24,27)/t18-/m0/s1. The molecule has 0 spiro atoms. The van der Waals surface area contributed by atoms with Crippen molar-refractivity contribution in [3.63, 3.8) is 0 Å². The summed E-state index contributed by atoms with van der Waals surface area (Å²) in [6, 6.07) is 18.7. The lowest BCUT2D eigenvalue weighted by Crippen LogP contribution is -2.32. The second kappa shape index (κ2) is 8.31. The molecule has 0 fully saturated rings.